The van der Waals surface area contributed by atoms with E-state index in [0.29, 0.717) is 5.56 Å². The van der Waals surface area contributed by atoms with Crippen molar-refractivity contribution in [1.29, 1.82) is 0 Å². The van der Waals surface area contributed by atoms with Crippen LogP contribution in [0.2, 0.25) is 0 Å². The van der Waals surface area contributed by atoms with Gasteiger partial charge < -0.3 is 5.32 Å². The summed E-state index contributed by atoms with van der Waals surface area (Å²) in [4.78, 5) is 11.8. The molecule has 19 heavy (non-hydrogen) atoms. The van der Waals surface area contributed by atoms with Gasteiger partial charge in [0.1, 0.15) is 0 Å². The van der Waals surface area contributed by atoms with Crippen molar-refractivity contribution in [3.63, 3.8) is 0 Å². The first kappa shape index (κ1) is 13.1. The summed E-state index contributed by atoms with van der Waals surface area (Å²) >= 11 is 0. The Balaban J connectivity index is 2.02. The highest BCUT2D eigenvalue weighted by Gasteiger charge is 1.99. The molecular weight excluding hydrogens is 234 g/mol. The van der Waals surface area contributed by atoms with Crippen LogP contribution >= 0.6 is 0 Å². The second-order valence-electron chi connectivity index (χ2n) is 4.53. The highest BCUT2D eigenvalue weighted by Crippen LogP contribution is 2.15. The molecule has 0 fully saturated rings. The first-order valence-corrected chi connectivity index (χ1v) is 6.26. The Morgan fingerprint density at radius 3 is 2.47 bits per heavy atom. The lowest BCUT2D eigenvalue weighted by Crippen LogP contribution is -1.96. The van der Waals surface area contributed by atoms with Crippen LogP contribution < -0.4 is 5.32 Å². The number of allylic oxidation sites excluding steroid dienone is 1. The summed E-state index contributed by atoms with van der Waals surface area (Å²) in [6.45, 7) is 4.10. The zero-order valence-corrected chi connectivity index (χ0v) is 11.2. The van der Waals surface area contributed by atoms with Crippen molar-refractivity contribution in [2.24, 2.45) is 0 Å². The number of nitrogens with one attached hydrogen (secondary N) is 1. The maximum Gasteiger partial charge on any atom is 0.187 e. The van der Waals surface area contributed by atoms with Crippen LogP contribution in [-0.4, -0.2) is 5.78 Å². The Morgan fingerprint density at radius 1 is 1.05 bits per heavy atom. The van der Waals surface area contributed by atoms with Crippen molar-refractivity contribution in [1.82, 2.24) is 0 Å². The minimum atomic E-state index is -0.00198. The molecule has 2 nitrogen and oxygen atoms in total. The molecule has 0 aromatic heterocycles. The molecule has 0 unspecified atom stereocenters. The van der Waals surface area contributed by atoms with Crippen LogP contribution in [0.5, 0.6) is 0 Å². The molecule has 0 atom stereocenters. The number of benzene rings is 2. The molecule has 0 aliphatic carbocycles. The van der Waals surface area contributed by atoms with Gasteiger partial charge in [-0.25, -0.2) is 0 Å². The fourth-order valence-corrected chi connectivity index (χ4v) is 1.88. The number of hydrogen-bond acceptors (Lipinski definition) is 2. The number of carbonyl (C=O) groups is 1. The number of hydrogen-bond donors (Lipinski definition) is 1. The molecular formula is C17H17NO. The lowest BCUT2D eigenvalue weighted by molar-refractivity contribution is 0.104. The van der Waals surface area contributed by atoms with E-state index in [1.807, 2.05) is 49.4 Å². The second kappa shape index (κ2) is 6.01. The van der Waals surface area contributed by atoms with Gasteiger partial charge in [0.15, 0.2) is 5.78 Å². The molecule has 0 spiro atoms. The van der Waals surface area contributed by atoms with Gasteiger partial charge in [0.05, 0.1) is 0 Å². The number of aryl methyl sites for hydroxylation is 2. The smallest absolute Gasteiger partial charge is 0.187 e. The summed E-state index contributed by atoms with van der Waals surface area (Å²) in [6.07, 6.45) is 3.24. The van der Waals surface area contributed by atoms with E-state index < -0.39 is 0 Å². The van der Waals surface area contributed by atoms with Gasteiger partial charge in [-0.1, -0.05) is 48.0 Å². The molecule has 0 bridgehead atoms. The van der Waals surface area contributed by atoms with E-state index in [1.165, 1.54) is 5.56 Å². The van der Waals surface area contributed by atoms with E-state index in [-0.39, 0.29) is 5.78 Å². The second-order valence-corrected chi connectivity index (χ2v) is 4.53. The number of carbonyl (C=O) groups excluding carboxylic acids is 1. The van der Waals surface area contributed by atoms with E-state index in [0.717, 1.165) is 11.3 Å². The van der Waals surface area contributed by atoms with Crippen LogP contribution in [0.3, 0.4) is 0 Å². The van der Waals surface area contributed by atoms with Crippen molar-refractivity contribution >= 4 is 11.5 Å². The predicted octanol–water partition coefficient (Wildman–Crippen LogP) is 4.11. The van der Waals surface area contributed by atoms with Crippen LogP contribution in [0.1, 0.15) is 21.5 Å². The van der Waals surface area contributed by atoms with E-state index in [9.17, 15) is 4.79 Å². The molecule has 0 amide bonds. The molecule has 2 aromatic rings. The average Bonchev–Trinajstić information content (AvgIpc) is 2.42. The lowest BCUT2D eigenvalue weighted by atomic mass is 10.1. The monoisotopic (exact) mass is 251 g/mol. The van der Waals surface area contributed by atoms with Crippen LogP contribution in [0, 0.1) is 13.8 Å². The van der Waals surface area contributed by atoms with Crippen LogP contribution in [0.25, 0.3) is 0 Å². The molecule has 0 saturated heterocycles. The molecule has 2 aromatic carbocycles. The van der Waals surface area contributed by atoms with Crippen molar-refractivity contribution < 1.29 is 4.79 Å². The van der Waals surface area contributed by atoms with E-state index in [2.05, 4.69) is 18.3 Å². The maximum atomic E-state index is 11.8. The maximum absolute atomic E-state index is 11.8. The fraction of sp³-hybridized carbons (Fsp3) is 0.118. The molecule has 0 aliphatic rings. The van der Waals surface area contributed by atoms with Gasteiger partial charge in [0.25, 0.3) is 0 Å². The molecule has 0 aliphatic heterocycles. The first-order valence-electron chi connectivity index (χ1n) is 6.26. The summed E-state index contributed by atoms with van der Waals surface area (Å²) in [5.74, 6) is -0.00198. The van der Waals surface area contributed by atoms with E-state index in [1.54, 1.807) is 12.3 Å². The number of rotatable bonds is 4. The third kappa shape index (κ3) is 3.55. The molecule has 2 rings (SSSR count). The zero-order chi connectivity index (χ0) is 13.7. The zero-order valence-electron chi connectivity index (χ0n) is 11.2. The normalized spacial score (nSPS) is 10.6. The van der Waals surface area contributed by atoms with E-state index in [4.69, 9.17) is 0 Å². The Morgan fingerprint density at radius 2 is 1.79 bits per heavy atom. The summed E-state index contributed by atoms with van der Waals surface area (Å²) < 4.78 is 0. The van der Waals surface area contributed by atoms with Gasteiger partial charge in [-0.05, 0) is 25.5 Å². The SMILES string of the molecule is Cc1ccc(N/C=C/C(=O)c2ccccc2)c(C)c1. The Bertz CT molecular complexity index is 600. The average molecular weight is 251 g/mol. The lowest BCUT2D eigenvalue weighted by Gasteiger charge is -2.05. The molecule has 96 valence electrons. The Kier molecular flexibility index (Phi) is 4.14. The highest BCUT2D eigenvalue weighted by atomic mass is 16.1. The molecule has 0 saturated carbocycles. The summed E-state index contributed by atoms with van der Waals surface area (Å²) in [6, 6.07) is 15.4. The summed E-state index contributed by atoms with van der Waals surface area (Å²) in [7, 11) is 0. The van der Waals surface area contributed by atoms with E-state index >= 15 is 0 Å². The van der Waals surface area contributed by atoms with Gasteiger partial charge >= 0.3 is 0 Å². The highest BCUT2D eigenvalue weighted by molar-refractivity contribution is 6.04. The predicted molar refractivity (Wildman–Crippen MR) is 79.5 cm³/mol. The van der Waals surface area contributed by atoms with Gasteiger partial charge in [-0.3, -0.25) is 4.79 Å². The summed E-state index contributed by atoms with van der Waals surface area (Å²) in [5, 5.41) is 3.14. The van der Waals surface area contributed by atoms with Crippen molar-refractivity contribution in [3.8, 4) is 0 Å². The number of anilines is 1. The van der Waals surface area contributed by atoms with Crippen molar-refractivity contribution in [2.45, 2.75) is 13.8 Å². The third-order valence-corrected chi connectivity index (χ3v) is 2.91. The van der Waals surface area contributed by atoms with Crippen LogP contribution in [-0.2, 0) is 0 Å². The minimum Gasteiger partial charge on any atom is -0.361 e. The fourth-order valence-electron chi connectivity index (χ4n) is 1.88. The Hall–Kier alpha value is -2.35. The first-order chi connectivity index (χ1) is 9.16. The van der Waals surface area contributed by atoms with Gasteiger partial charge in [-0.15, -0.1) is 0 Å². The van der Waals surface area contributed by atoms with Gasteiger partial charge in [0, 0.05) is 23.5 Å². The topological polar surface area (TPSA) is 29.1 Å². The molecule has 1 N–H and O–H groups in total. The van der Waals surface area contributed by atoms with Gasteiger partial charge in [0.2, 0.25) is 0 Å². The van der Waals surface area contributed by atoms with Crippen molar-refractivity contribution in [3.05, 3.63) is 77.5 Å². The standard InChI is InChI=1S/C17H17NO/c1-13-8-9-16(14(2)12-13)18-11-10-17(19)15-6-4-3-5-7-15/h3-12,18H,1-2H3/b11-10+. The van der Waals surface area contributed by atoms with Crippen LogP contribution in [0.4, 0.5) is 5.69 Å². The minimum absolute atomic E-state index is 0.00198. The largest absolute Gasteiger partial charge is 0.361 e. The van der Waals surface area contributed by atoms with Crippen LogP contribution in [0.15, 0.2) is 60.8 Å². The van der Waals surface area contributed by atoms with Crippen molar-refractivity contribution in [2.75, 3.05) is 5.32 Å². The molecule has 0 heterocycles. The number of ketones is 1. The molecule has 0 radical (unpaired) electrons. The third-order valence-electron chi connectivity index (χ3n) is 2.91. The molecule has 2 heteroatoms. The summed E-state index contributed by atoms with van der Waals surface area (Å²) in [5.41, 5.74) is 4.10. The quantitative estimate of drug-likeness (QED) is 0.654. The van der Waals surface area contributed by atoms with Gasteiger partial charge in [-0.2, -0.15) is 0 Å². The Labute approximate surface area is 113 Å².